The van der Waals surface area contributed by atoms with E-state index in [9.17, 15) is 14.4 Å². The molecule has 322 valence electrons. The first kappa shape index (κ1) is 46.4. The lowest BCUT2D eigenvalue weighted by atomic mass is 10.1. The summed E-state index contributed by atoms with van der Waals surface area (Å²) in [6.45, 7) is 13.1. The highest BCUT2D eigenvalue weighted by molar-refractivity contribution is 6.21. The fraction of sp³-hybridized carbons (Fsp3) is 0.658. The second kappa shape index (κ2) is 26.7. The standard InChI is InChI=1S/C38H57N7O13/c1-38(2,3)58-35(46)30-57-25-22-54-19-18-53-21-24-56-29-32-27-44(42-40-32)9-12-50-16-17-52-20-23-55-28-31-26-43(41-39-31)8-11-49-14-15-51-13-10-45-36(47)33-6-4-5-7-34(33)37(45)48/h4-7,26-27H,8-25,28-30H2,1-3H3. The van der Waals surface area contributed by atoms with E-state index in [1.807, 2.05) is 6.20 Å². The Morgan fingerprint density at radius 3 is 1.34 bits per heavy atom. The quantitative estimate of drug-likeness (QED) is 0.0483. The molecule has 3 aromatic rings. The van der Waals surface area contributed by atoms with Gasteiger partial charge < -0.3 is 47.4 Å². The molecule has 4 rings (SSSR count). The Bertz CT molecular complexity index is 1600. The topological polar surface area (TPSA) is 208 Å². The molecule has 0 radical (unpaired) electrons. The van der Waals surface area contributed by atoms with Crippen molar-refractivity contribution in [1.29, 1.82) is 0 Å². The van der Waals surface area contributed by atoms with Crippen LogP contribution in [-0.4, -0.2) is 171 Å². The molecule has 2 aromatic heterocycles. The van der Waals surface area contributed by atoms with Crippen LogP contribution in [0.2, 0.25) is 0 Å². The molecule has 3 heterocycles. The van der Waals surface area contributed by atoms with E-state index in [2.05, 4.69) is 20.6 Å². The zero-order valence-corrected chi connectivity index (χ0v) is 33.8. The maximum atomic E-state index is 12.4. The number of aromatic nitrogens is 6. The number of hydrogen-bond acceptors (Lipinski definition) is 17. The van der Waals surface area contributed by atoms with E-state index in [4.69, 9.17) is 47.4 Å². The predicted molar refractivity (Wildman–Crippen MR) is 203 cm³/mol. The molecule has 20 nitrogen and oxygen atoms in total. The average molecular weight is 820 g/mol. The third-order valence-electron chi connectivity index (χ3n) is 7.81. The zero-order chi connectivity index (χ0) is 41.3. The number of ether oxygens (including phenoxy) is 10. The van der Waals surface area contributed by atoms with Gasteiger partial charge in [0.1, 0.15) is 23.6 Å². The summed E-state index contributed by atoms with van der Waals surface area (Å²) in [7, 11) is 0. The Labute approximate surface area is 338 Å². The SMILES string of the molecule is CC(C)(C)OC(=O)COCCOCCOCCOCc1cn(CCOCCOCCOCc2cn(CCOCCOCCN3C(=O)c4ccccc4C3=O)nn2)nn1. The van der Waals surface area contributed by atoms with Crippen molar-refractivity contribution in [1.82, 2.24) is 34.9 Å². The fourth-order valence-corrected chi connectivity index (χ4v) is 5.14. The summed E-state index contributed by atoms with van der Waals surface area (Å²) in [5, 5.41) is 16.4. The normalized spacial score (nSPS) is 12.8. The molecule has 58 heavy (non-hydrogen) atoms. The van der Waals surface area contributed by atoms with Gasteiger partial charge in [0, 0.05) is 0 Å². The highest BCUT2D eigenvalue weighted by Crippen LogP contribution is 2.21. The van der Waals surface area contributed by atoms with Crippen molar-refractivity contribution < 1.29 is 61.8 Å². The number of amides is 2. The van der Waals surface area contributed by atoms with Crippen molar-refractivity contribution in [3.63, 3.8) is 0 Å². The van der Waals surface area contributed by atoms with Gasteiger partial charge in [0.25, 0.3) is 11.8 Å². The van der Waals surface area contributed by atoms with Gasteiger partial charge in [-0.2, -0.15) is 0 Å². The van der Waals surface area contributed by atoms with Gasteiger partial charge in [0.2, 0.25) is 0 Å². The van der Waals surface area contributed by atoms with Crippen LogP contribution in [-0.2, 0) is 78.5 Å². The monoisotopic (exact) mass is 819 g/mol. The smallest absolute Gasteiger partial charge is 0.332 e. The van der Waals surface area contributed by atoms with Crippen molar-refractivity contribution in [2.75, 3.05) is 112 Å². The van der Waals surface area contributed by atoms with E-state index in [-0.39, 0.29) is 31.6 Å². The summed E-state index contributed by atoms with van der Waals surface area (Å²) in [6.07, 6.45) is 3.62. The molecule has 0 spiro atoms. The van der Waals surface area contributed by atoms with Crippen molar-refractivity contribution in [2.45, 2.75) is 52.7 Å². The lowest BCUT2D eigenvalue weighted by Crippen LogP contribution is -2.33. The van der Waals surface area contributed by atoms with Crippen LogP contribution in [0.1, 0.15) is 52.9 Å². The van der Waals surface area contributed by atoms with E-state index in [1.54, 1.807) is 60.6 Å². The number of hydrogen-bond donors (Lipinski definition) is 0. The Morgan fingerprint density at radius 2 is 0.914 bits per heavy atom. The summed E-state index contributed by atoms with van der Waals surface area (Å²) in [5.41, 5.74) is 1.75. The molecule has 1 aromatic carbocycles. The van der Waals surface area contributed by atoms with Crippen LogP contribution >= 0.6 is 0 Å². The molecule has 0 saturated heterocycles. The van der Waals surface area contributed by atoms with E-state index >= 15 is 0 Å². The van der Waals surface area contributed by atoms with Gasteiger partial charge in [0.15, 0.2) is 0 Å². The molecule has 0 aliphatic carbocycles. The second-order valence-corrected chi connectivity index (χ2v) is 13.7. The number of rotatable bonds is 33. The lowest BCUT2D eigenvalue weighted by molar-refractivity contribution is -0.160. The van der Waals surface area contributed by atoms with Gasteiger partial charge in [-0.05, 0) is 32.9 Å². The van der Waals surface area contributed by atoms with Crippen LogP contribution in [0.15, 0.2) is 36.7 Å². The van der Waals surface area contributed by atoms with Crippen molar-refractivity contribution in [3.8, 4) is 0 Å². The third kappa shape index (κ3) is 18.6. The van der Waals surface area contributed by atoms with Crippen LogP contribution in [0.4, 0.5) is 0 Å². The molecule has 1 aliphatic heterocycles. The number of imide groups is 1. The van der Waals surface area contributed by atoms with Crippen LogP contribution < -0.4 is 0 Å². The highest BCUT2D eigenvalue weighted by atomic mass is 16.6. The Morgan fingerprint density at radius 1 is 0.534 bits per heavy atom. The Kier molecular flexibility index (Phi) is 21.4. The molecule has 1 aliphatic rings. The molecule has 0 fully saturated rings. The maximum absolute atomic E-state index is 12.4. The van der Waals surface area contributed by atoms with E-state index in [1.165, 1.54) is 4.90 Å². The minimum atomic E-state index is -0.527. The molecular weight excluding hydrogens is 762 g/mol. The minimum absolute atomic E-state index is 0.100. The Hall–Kier alpha value is -4.25. The van der Waals surface area contributed by atoms with Gasteiger partial charge in [-0.15, -0.1) is 10.2 Å². The van der Waals surface area contributed by atoms with Crippen molar-refractivity contribution in [2.24, 2.45) is 0 Å². The predicted octanol–water partition coefficient (Wildman–Crippen LogP) is 1.36. The van der Waals surface area contributed by atoms with E-state index < -0.39 is 11.6 Å². The summed E-state index contributed by atoms with van der Waals surface area (Å²) in [6, 6.07) is 6.80. The third-order valence-corrected chi connectivity index (χ3v) is 7.81. The molecule has 0 N–H and O–H groups in total. The van der Waals surface area contributed by atoms with E-state index in [0.29, 0.717) is 141 Å². The minimum Gasteiger partial charge on any atom is -0.458 e. The number of esters is 1. The number of fused-ring (bicyclic) bond motifs is 1. The van der Waals surface area contributed by atoms with Gasteiger partial charge in [-0.1, -0.05) is 22.6 Å². The molecule has 0 bridgehead atoms. The maximum Gasteiger partial charge on any atom is 0.332 e. The molecule has 20 heteroatoms. The first-order chi connectivity index (χ1) is 28.2. The van der Waals surface area contributed by atoms with Crippen LogP contribution in [0.3, 0.4) is 0 Å². The zero-order valence-electron chi connectivity index (χ0n) is 33.8. The first-order valence-corrected chi connectivity index (χ1v) is 19.3. The number of benzene rings is 1. The van der Waals surface area contributed by atoms with E-state index in [0.717, 1.165) is 0 Å². The molecule has 0 unspecified atom stereocenters. The lowest BCUT2D eigenvalue weighted by Gasteiger charge is -2.19. The summed E-state index contributed by atoms with van der Waals surface area (Å²) in [5.74, 6) is -0.978. The summed E-state index contributed by atoms with van der Waals surface area (Å²) >= 11 is 0. The van der Waals surface area contributed by atoms with Crippen molar-refractivity contribution >= 4 is 17.8 Å². The van der Waals surface area contributed by atoms with Crippen LogP contribution in [0, 0.1) is 0 Å². The number of nitrogens with zero attached hydrogens (tertiary/aromatic N) is 7. The van der Waals surface area contributed by atoms with Crippen LogP contribution in [0.25, 0.3) is 0 Å². The van der Waals surface area contributed by atoms with Gasteiger partial charge >= 0.3 is 5.97 Å². The highest BCUT2D eigenvalue weighted by Gasteiger charge is 2.34. The van der Waals surface area contributed by atoms with Crippen LogP contribution in [0.5, 0.6) is 0 Å². The molecule has 2 amide bonds. The first-order valence-electron chi connectivity index (χ1n) is 19.3. The number of carbonyl (C=O) groups excluding carboxylic acids is 3. The van der Waals surface area contributed by atoms with Gasteiger partial charge in [-0.25, -0.2) is 14.2 Å². The number of carbonyl (C=O) groups is 3. The largest absolute Gasteiger partial charge is 0.458 e. The van der Waals surface area contributed by atoms with Gasteiger partial charge in [-0.3, -0.25) is 14.5 Å². The van der Waals surface area contributed by atoms with Crippen molar-refractivity contribution in [3.05, 3.63) is 59.2 Å². The average Bonchev–Trinajstić information content (AvgIpc) is 3.91. The summed E-state index contributed by atoms with van der Waals surface area (Å²) in [4.78, 5) is 37.5. The summed E-state index contributed by atoms with van der Waals surface area (Å²) < 4.78 is 58.2. The fourth-order valence-electron chi connectivity index (χ4n) is 5.14. The molecule has 0 saturated carbocycles. The molecular formula is C38H57N7O13. The molecule has 0 atom stereocenters. The van der Waals surface area contributed by atoms with Gasteiger partial charge in [0.05, 0.1) is 155 Å². The Balaban J connectivity index is 0.863. The second-order valence-electron chi connectivity index (χ2n) is 13.7.